The van der Waals surface area contributed by atoms with Crippen molar-refractivity contribution in [2.45, 2.75) is 46.6 Å². The quantitative estimate of drug-likeness (QED) is 0.742. The Bertz CT molecular complexity index is 260. The van der Waals surface area contributed by atoms with E-state index in [9.17, 15) is 4.79 Å². The highest BCUT2D eigenvalue weighted by Gasteiger charge is 2.51. The molecule has 3 heteroatoms. The fraction of sp³-hybridized carbons (Fsp3) is 0.917. The molecule has 0 aromatic heterocycles. The smallest absolute Gasteiger partial charge is 0.224 e. The molecular weight excluding hydrogens is 188 g/mol. The average Bonchev–Trinajstić information content (AvgIpc) is 2.74. The van der Waals surface area contributed by atoms with Gasteiger partial charge in [0.25, 0.3) is 0 Å². The van der Waals surface area contributed by atoms with Crippen LogP contribution in [0.2, 0.25) is 0 Å². The van der Waals surface area contributed by atoms with Gasteiger partial charge in [-0.2, -0.15) is 0 Å². The summed E-state index contributed by atoms with van der Waals surface area (Å²) >= 11 is 0. The van der Waals surface area contributed by atoms with E-state index in [4.69, 9.17) is 5.73 Å². The summed E-state index contributed by atoms with van der Waals surface area (Å²) in [6.07, 6.45) is 0.998. The van der Waals surface area contributed by atoms with Crippen LogP contribution in [-0.4, -0.2) is 18.0 Å². The molecule has 0 heterocycles. The van der Waals surface area contributed by atoms with E-state index < -0.39 is 0 Å². The van der Waals surface area contributed by atoms with E-state index in [1.54, 1.807) is 0 Å². The van der Waals surface area contributed by atoms with Crippen molar-refractivity contribution in [2.75, 3.05) is 6.54 Å². The third-order valence-corrected chi connectivity index (χ3v) is 3.94. The lowest BCUT2D eigenvalue weighted by atomic mass is 9.88. The number of carbonyl (C=O) groups excluding carboxylic acids is 1. The molecule has 88 valence electrons. The molecule has 2 unspecified atom stereocenters. The molecule has 1 fully saturated rings. The summed E-state index contributed by atoms with van der Waals surface area (Å²) in [6.45, 7) is 10.9. The SMILES string of the molecule is CC(C)C(C)(CN)NC(=O)C1CC1(C)C. The van der Waals surface area contributed by atoms with Gasteiger partial charge >= 0.3 is 0 Å². The predicted octanol–water partition coefficient (Wildman–Crippen LogP) is 1.52. The van der Waals surface area contributed by atoms with Gasteiger partial charge in [0.05, 0.1) is 5.54 Å². The van der Waals surface area contributed by atoms with Crippen LogP contribution in [0.25, 0.3) is 0 Å². The third kappa shape index (κ3) is 2.51. The summed E-state index contributed by atoms with van der Waals surface area (Å²) in [6, 6.07) is 0. The highest BCUT2D eigenvalue weighted by Crippen LogP contribution is 2.51. The summed E-state index contributed by atoms with van der Waals surface area (Å²) in [4.78, 5) is 11.9. The fourth-order valence-electron chi connectivity index (χ4n) is 1.71. The molecule has 0 radical (unpaired) electrons. The Balaban J connectivity index is 2.58. The van der Waals surface area contributed by atoms with Crippen LogP contribution in [0.4, 0.5) is 0 Å². The Kier molecular flexibility index (Phi) is 3.15. The Labute approximate surface area is 92.8 Å². The molecule has 0 saturated heterocycles. The summed E-state index contributed by atoms with van der Waals surface area (Å²) in [5, 5.41) is 3.10. The molecule has 0 aliphatic heterocycles. The molecule has 1 aliphatic carbocycles. The molecule has 0 aromatic rings. The highest BCUT2D eigenvalue weighted by molar-refractivity contribution is 5.83. The summed E-state index contributed by atoms with van der Waals surface area (Å²) in [7, 11) is 0. The maximum absolute atomic E-state index is 11.9. The highest BCUT2D eigenvalue weighted by atomic mass is 16.2. The lowest BCUT2D eigenvalue weighted by Gasteiger charge is -2.33. The molecule has 2 atom stereocenters. The molecule has 1 rings (SSSR count). The number of nitrogens with one attached hydrogen (secondary N) is 1. The van der Waals surface area contributed by atoms with Gasteiger partial charge in [-0.3, -0.25) is 4.79 Å². The van der Waals surface area contributed by atoms with Crippen molar-refractivity contribution in [2.24, 2.45) is 23.0 Å². The van der Waals surface area contributed by atoms with Gasteiger partial charge in [0.1, 0.15) is 0 Å². The standard InChI is InChI=1S/C12H24N2O/c1-8(2)12(5,7-13)14-10(15)9-6-11(9,3)4/h8-9H,6-7,13H2,1-5H3,(H,14,15). The van der Waals surface area contributed by atoms with Crippen LogP contribution in [0.5, 0.6) is 0 Å². The minimum atomic E-state index is -0.268. The largest absolute Gasteiger partial charge is 0.349 e. The maximum Gasteiger partial charge on any atom is 0.224 e. The van der Waals surface area contributed by atoms with Crippen molar-refractivity contribution in [3.63, 3.8) is 0 Å². The van der Waals surface area contributed by atoms with Crippen molar-refractivity contribution in [3.8, 4) is 0 Å². The molecule has 0 spiro atoms. The van der Waals surface area contributed by atoms with E-state index in [0.717, 1.165) is 6.42 Å². The second-order valence-electron chi connectivity index (χ2n) is 6.01. The Morgan fingerprint density at radius 1 is 1.60 bits per heavy atom. The van der Waals surface area contributed by atoms with Gasteiger partial charge in [0.2, 0.25) is 5.91 Å². The lowest BCUT2D eigenvalue weighted by molar-refractivity contribution is -0.125. The number of nitrogens with two attached hydrogens (primary N) is 1. The van der Waals surface area contributed by atoms with E-state index in [-0.39, 0.29) is 22.8 Å². The Hall–Kier alpha value is -0.570. The van der Waals surface area contributed by atoms with Crippen molar-refractivity contribution in [1.29, 1.82) is 0 Å². The minimum Gasteiger partial charge on any atom is -0.349 e. The number of amides is 1. The van der Waals surface area contributed by atoms with Crippen LogP contribution in [0, 0.1) is 17.3 Å². The molecule has 3 N–H and O–H groups in total. The monoisotopic (exact) mass is 212 g/mol. The van der Waals surface area contributed by atoms with Gasteiger partial charge in [-0.05, 0) is 24.7 Å². The minimum absolute atomic E-state index is 0.168. The van der Waals surface area contributed by atoms with Gasteiger partial charge in [0, 0.05) is 12.5 Å². The molecule has 15 heavy (non-hydrogen) atoms. The van der Waals surface area contributed by atoms with Crippen LogP contribution >= 0.6 is 0 Å². The third-order valence-electron chi connectivity index (χ3n) is 3.94. The first-order valence-electron chi connectivity index (χ1n) is 5.75. The van der Waals surface area contributed by atoms with Crippen molar-refractivity contribution in [3.05, 3.63) is 0 Å². The first-order valence-corrected chi connectivity index (χ1v) is 5.75. The van der Waals surface area contributed by atoms with Crippen molar-refractivity contribution >= 4 is 5.91 Å². The predicted molar refractivity (Wildman–Crippen MR) is 62.3 cm³/mol. The zero-order valence-corrected chi connectivity index (χ0v) is 10.6. The van der Waals surface area contributed by atoms with Crippen LogP contribution in [-0.2, 0) is 4.79 Å². The summed E-state index contributed by atoms with van der Waals surface area (Å²) in [5.41, 5.74) is 5.65. The van der Waals surface area contributed by atoms with Crippen LogP contribution < -0.4 is 11.1 Å². The van der Waals surface area contributed by atoms with Gasteiger partial charge in [-0.1, -0.05) is 27.7 Å². The number of rotatable bonds is 4. The first-order chi connectivity index (χ1) is 6.73. The van der Waals surface area contributed by atoms with E-state index in [0.29, 0.717) is 12.5 Å². The Morgan fingerprint density at radius 3 is 2.33 bits per heavy atom. The van der Waals surface area contributed by atoms with Crippen molar-refractivity contribution < 1.29 is 4.79 Å². The Morgan fingerprint density at radius 2 is 2.07 bits per heavy atom. The zero-order chi connectivity index (χ0) is 11.9. The molecule has 3 nitrogen and oxygen atoms in total. The second kappa shape index (κ2) is 3.78. The second-order valence-corrected chi connectivity index (χ2v) is 6.01. The van der Waals surface area contributed by atoms with Crippen molar-refractivity contribution in [1.82, 2.24) is 5.32 Å². The fourth-order valence-corrected chi connectivity index (χ4v) is 1.71. The molecule has 1 amide bonds. The van der Waals surface area contributed by atoms with Crippen LogP contribution in [0.3, 0.4) is 0 Å². The molecule has 1 aliphatic rings. The van der Waals surface area contributed by atoms with E-state index in [2.05, 4.69) is 33.0 Å². The number of hydrogen-bond donors (Lipinski definition) is 2. The summed E-state index contributed by atoms with van der Waals surface area (Å²) < 4.78 is 0. The van der Waals surface area contributed by atoms with Gasteiger partial charge in [-0.15, -0.1) is 0 Å². The molecular formula is C12H24N2O. The molecule has 0 aromatic carbocycles. The van der Waals surface area contributed by atoms with E-state index in [1.165, 1.54) is 0 Å². The van der Waals surface area contributed by atoms with Crippen LogP contribution in [0.15, 0.2) is 0 Å². The summed E-state index contributed by atoms with van der Waals surface area (Å²) in [5.74, 6) is 0.706. The lowest BCUT2D eigenvalue weighted by Crippen LogP contribution is -2.55. The van der Waals surface area contributed by atoms with E-state index in [1.807, 2.05) is 6.92 Å². The van der Waals surface area contributed by atoms with E-state index >= 15 is 0 Å². The normalized spacial score (nSPS) is 27.3. The average molecular weight is 212 g/mol. The van der Waals surface area contributed by atoms with Gasteiger partial charge < -0.3 is 11.1 Å². The van der Waals surface area contributed by atoms with Crippen LogP contribution in [0.1, 0.15) is 41.0 Å². The molecule has 0 bridgehead atoms. The number of carbonyl (C=O) groups is 1. The molecule has 1 saturated carbocycles. The zero-order valence-electron chi connectivity index (χ0n) is 10.6. The van der Waals surface area contributed by atoms with Gasteiger partial charge in [-0.25, -0.2) is 0 Å². The maximum atomic E-state index is 11.9. The topological polar surface area (TPSA) is 55.1 Å². The first kappa shape index (κ1) is 12.5. The van der Waals surface area contributed by atoms with Gasteiger partial charge in [0.15, 0.2) is 0 Å². The number of hydrogen-bond acceptors (Lipinski definition) is 2.